The summed E-state index contributed by atoms with van der Waals surface area (Å²) in [5.74, 6) is 0.695. The lowest BCUT2D eigenvalue weighted by molar-refractivity contribution is 0.178. The SMILES string of the molecule is C[C@@H](O)CCC1CCc2ccccc21. The molecule has 76 valence electrons. The summed E-state index contributed by atoms with van der Waals surface area (Å²) in [5.41, 5.74) is 3.04. The van der Waals surface area contributed by atoms with Crippen LogP contribution in [0.15, 0.2) is 24.3 Å². The number of hydrogen-bond donors (Lipinski definition) is 1. The summed E-state index contributed by atoms with van der Waals surface area (Å²) in [4.78, 5) is 0. The summed E-state index contributed by atoms with van der Waals surface area (Å²) in [7, 11) is 0. The molecular formula is C13H18O. The third kappa shape index (κ3) is 1.98. The van der Waals surface area contributed by atoms with E-state index in [-0.39, 0.29) is 6.10 Å². The van der Waals surface area contributed by atoms with Gasteiger partial charge in [0.1, 0.15) is 0 Å². The van der Waals surface area contributed by atoms with Crippen LogP contribution in [0.3, 0.4) is 0 Å². The van der Waals surface area contributed by atoms with Crippen LogP contribution >= 0.6 is 0 Å². The second kappa shape index (κ2) is 4.14. The molecule has 1 aliphatic carbocycles. The van der Waals surface area contributed by atoms with Gasteiger partial charge in [-0.15, -0.1) is 0 Å². The molecule has 1 heteroatoms. The first-order chi connectivity index (χ1) is 6.77. The molecule has 0 bridgehead atoms. The van der Waals surface area contributed by atoms with E-state index in [0.29, 0.717) is 5.92 Å². The molecule has 1 N–H and O–H groups in total. The molecule has 2 rings (SSSR count). The van der Waals surface area contributed by atoms with Gasteiger partial charge >= 0.3 is 0 Å². The van der Waals surface area contributed by atoms with Crippen molar-refractivity contribution in [2.24, 2.45) is 0 Å². The number of aryl methyl sites for hydroxylation is 1. The molecule has 0 fully saturated rings. The molecule has 0 radical (unpaired) electrons. The van der Waals surface area contributed by atoms with Gasteiger partial charge in [0.25, 0.3) is 0 Å². The molecule has 1 nitrogen and oxygen atoms in total. The van der Waals surface area contributed by atoms with Crippen molar-refractivity contribution < 1.29 is 5.11 Å². The molecule has 1 aliphatic rings. The van der Waals surface area contributed by atoms with E-state index in [1.807, 2.05) is 6.92 Å². The maximum atomic E-state index is 9.26. The van der Waals surface area contributed by atoms with Crippen LogP contribution < -0.4 is 0 Å². The number of rotatable bonds is 3. The van der Waals surface area contributed by atoms with Gasteiger partial charge in [0, 0.05) is 0 Å². The number of aliphatic hydroxyl groups excluding tert-OH is 1. The van der Waals surface area contributed by atoms with Crippen molar-refractivity contribution in [2.45, 2.75) is 44.6 Å². The molecule has 0 heterocycles. The summed E-state index contributed by atoms with van der Waals surface area (Å²) < 4.78 is 0. The van der Waals surface area contributed by atoms with Gasteiger partial charge in [0.15, 0.2) is 0 Å². The summed E-state index contributed by atoms with van der Waals surface area (Å²) >= 11 is 0. The molecule has 0 amide bonds. The standard InChI is InChI=1S/C13H18O/c1-10(14)6-7-12-9-8-11-4-2-3-5-13(11)12/h2-5,10,12,14H,6-9H2,1H3/t10-,12?/m1/s1. The molecular weight excluding hydrogens is 172 g/mol. The van der Waals surface area contributed by atoms with Crippen molar-refractivity contribution >= 4 is 0 Å². The van der Waals surface area contributed by atoms with E-state index in [1.165, 1.54) is 24.0 Å². The summed E-state index contributed by atoms with van der Waals surface area (Å²) in [6.45, 7) is 1.88. The average molecular weight is 190 g/mol. The largest absolute Gasteiger partial charge is 0.393 e. The normalized spacial score (nSPS) is 22.0. The van der Waals surface area contributed by atoms with E-state index < -0.39 is 0 Å². The van der Waals surface area contributed by atoms with Gasteiger partial charge in [-0.05, 0) is 49.7 Å². The maximum absolute atomic E-state index is 9.26. The Labute approximate surface area is 85.8 Å². The minimum Gasteiger partial charge on any atom is -0.393 e. The Balaban J connectivity index is 2.03. The lowest BCUT2D eigenvalue weighted by Gasteiger charge is -2.12. The Morgan fingerprint density at radius 3 is 3.00 bits per heavy atom. The van der Waals surface area contributed by atoms with Crippen molar-refractivity contribution in [3.8, 4) is 0 Å². The predicted octanol–water partition coefficient (Wildman–Crippen LogP) is 2.88. The predicted molar refractivity (Wildman–Crippen MR) is 58.4 cm³/mol. The minimum absolute atomic E-state index is 0.150. The summed E-state index contributed by atoms with van der Waals surface area (Å²) in [5, 5.41) is 9.26. The fraction of sp³-hybridized carbons (Fsp3) is 0.538. The van der Waals surface area contributed by atoms with Gasteiger partial charge in [0.05, 0.1) is 6.10 Å². The average Bonchev–Trinajstić information content (AvgIpc) is 2.58. The van der Waals surface area contributed by atoms with Gasteiger partial charge < -0.3 is 5.11 Å². The van der Waals surface area contributed by atoms with E-state index in [0.717, 1.165) is 12.8 Å². The Morgan fingerprint density at radius 1 is 1.43 bits per heavy atom. The Morgan fingerprint density at radius 2 is 2.21 bits per heavy atom. The summed E-state index contributed by atoms with van der Waals surface area (Å²) in [6, 6.07) is 8.72. The van der Waals surface area contributed by atoms with Gasteiger partial charge in [-0.1, -0.05) is 24.3 Å². The van der Waals surface area contributed by atoms with E-state index in [2.05, 4.69) is 24.3 Å². The molecule has 0 aromatic heterocycles. The first kappa shape index (κ1) is 9.72. The first-order valence-corrected chi connectivity index (χ1v) is 5.53. The number of hydrogen-bond acceptors (Lipinski definition) is 1. The Hall–Kier alpha value is -0.820. The maximum Gasteiger partial charge on any atom is 0.0512 e. The van der Waals surface area contributed by atoms with E-state index in [4.69, 9.17) is 0 Å². The number of fused-ring (bicyclic) bond motifs is 1. The monoisotopic (exact) mass is 190 g/mol. The number of benzene rings is 1. The van der Waals surface area contributed by atoms with Gasteiger partial charge in [-0.25, -0.2) is 0 Å². The van der Waals surface area contributed by atoms with E-state index in [1.54, 1.807) is 0 Å². The van der Waals surface area contributed by atoms with Gasteiger partial charge in [-0.2, -0.15) is 0 Å². The van der Waals surface area contributed by atoms with Crippen molar-refractivity contribution in [2.75, 3.05) is 0 Å². The van der Waals surface area contributed by atoms with Crippen LogP contribution in [0.5, 0.6) is 0 Å². The highest BCUT2D eigenvalue weighted by Gasteiger charge is 2.21. The smallest absolute Gasteiger partial charge is 0.0512 e. The van der Waals surface area contributed by atoms with Gasteiger partial charge in [-0.3, -0.25) is 0 Å². The zero-order chi connectivity index (χ0) is 9.97. The lowest BCUT2D eigenvalue weighted by atomic mass is 9.95. The topological polar surface area (TPSA) is 20.2 Å². The van der Waals surface area contributed by atoms with Crippen LogP contribution in [0.2, 0.25) is 0 Å². The fourth-order valence-corrected chi connectivity index (χ4v) is 2.39. The van der Waals surface area contributed by atoms with Crippen LogP contribution in [0.4, 0.5) is 0 Å². The van der Waals surface area contributed by atoms with Crippen LogP contribution in [-0.4, -0.2) is 11.2 Å². The third-order valence-corrected chi connectivity index (χ3v) is 3.19. The zero-order valence-corrected chi connectivity index (χ0v) is 8.74. The van der Waals surface area contributed by atoms with Crippen LogP contribution in [0, 0.1) is 0 Å². The second-order valence-electron chi connectivity index (χ2n) is 4.36. The summed E-state index contributed by atoms with van der Waals surface area (Å²) in [6.07, 6.45) is 4.41. The highest BCUT2D eigenvalue weighted by Crippen LogP contribution is 2.36. The lowest BCUT2D eigenvalue weighted by Crippen LogP contribution is -2.02. The van der Waals surface area contributed by atoms with Crippen molar-refractivity contribution in [1.29, 1.82) is 0 Å². The second-order valence-corrected chi connectivity index (χ2v) is 4.36. The molecule has 1 aromatic rings. The zero-order valence-electron chi connectivity index (χ0n) is 8.74. The molecule has 0 saturated heterocycles. The molecule has 14 heavy (non-hydrogen) atoms. The Bertz CT molecular complexity index is 304. The van der Waals surface area contributed by atoms with Crippen molar-refractivity contribution in [3.05, 3.63) is 35.4 Å². The van der Waals surface area contributed by atoms with Crippen LogP contribution in [0.25, 0.3) is 0 Å². The Kier molecular flexibility index (Phi) is 2.87. The third-order valence-electron chi connectivity index (χ3n) is 3.19. The fourth-order valence-electron chi connectivity index (χ4n) is 2.39. The van der Waals surface area contributed by atoms with Gasteiger partial charge in [0.2, 0.25) is 0 Å². The molecule has 0 saturated carbocycles. The van der Waals surface area contributed by atoms with Crippen molar-refractivity contribution in [1.82, 2.24) is 0 Å². The first-order valence-electron chi connectivity index (χ1n) is 5.53. The molecule has 2 atom stereocenters. The quantitative estimate of drug-likeness (QED) is 0.777. The van der Waals surface area contributed by atoms with Crippen molar-refractivity contribution in [3.63, 3.8) is 0 Å². The highest BCUT2D eigenvalue weighted by atomic mass is 16.3. The van der Waals surface area contributed by atoms with E-state index in [9.17, 15) is 5.11 Å². The molecule has 1 unspecified atom stereocenters. The highest BCUT2D eigenvalue weighted by molar-refractivity contribution is 5.34. The molecule has 0 aliphatic heterocycles. The van der Waals surface area contributed by atoms with E-state index >= 15 is 0 Å². The van der Waals surface area contributed by atoms with Crippen LogP contribution in [0.1, 0.15) is 43.2 Å². The van der Waals surface area contributed by atoms with Crippen LogP contribution in [-0.2, 0) is 6.42 Å². The molecule has 1 aromatic carbocycles. The minimum atomic E-state index is -0.150. The number of aliphatic hydroxyl groups is 1. The molecule has 0 spiro atoms.